The van der Waals surface area contributed by atoms with Crippen molar-refractivity contribution in [1.82, 2.24) is 20.2 Å². The first kappa shape index (κ1) is 29.8. The normalized spacial score (nSPS) is 19.3. The van der Waals surface area contributed by atoms with Crippen LogP contribution in [-0.4, -0.2) is 45.7 Å². The number of nitrogens with zero attached hydrogens (tertiary/aromatic N) is 2. The number of thiophene rings is 1. The second kappa shape index (κ2) is 13.1. The van der Waals surface area contributed by atoms with Crippen molar-refractivity contribution < 1.29 is 14.3 Å². The van der Waals surface area contributed by atoms with Crippen LogP contribution in [0.4, 0.5) is 0 Å². The van der Waals surface area contributed by atoms with Gasteiger partial charge in [0.25, 0.3) is 5.91 Å². The second-order valence-electron chi connectivity index (χ2n) is 12.4. The van der Waals surface area contributed by atoms with E-state index in [2.05, 4.69) is 60.4 Å². The van der Waals surface area contributed by atoms with Crippen LogP contribution in [0.25, 0.3) is 11.0 Å². The Kier molecular flexibility index (Phi) is 9.49. The van der Waals surface area contributed by atoms with E-state index in [0.29, 0.717) is 24.6 Å². The van der Waals surface area contributed by atoms with Crippen LogP contribution in [0.2, 0.25) is 0 Å². The average Bonchev–Trinajstić information content (AvgIpc) is 3.69. The lowest BCUT2D eigenvalue weighted by molar-refractivity contribution is -0.124. The Morgan fingerprint density at radius 3 is 2.61 bits per heavy atom. The van der Waals surface area contributed by atoms with Gasteiger partial charge in [0.2, 0.25) is 5.91 Å². The Bertz CT molecular complexity index is 1320. The van der Waals surface area contributed by atoms with Gasteiger partial charge in [-0.05, 0) is 74.1 Å². The smallest absolute Gasteiger partial charge is 0.252 e. The van der Waals surface area contributed by atoms with Crippen LogP contribution < -0.4 is 10.6 Å². The summed E-state index contributed by atoms with van der Waals surface area (Å²) in [6.45, 7) is 9.13. The van der Waals surface area contributed by atoms with Crippen molar-refractivity contribution in [2.24, 2.45) is 5.92 Å². The maximum Gasteiger partial charge on any atom is 0.252 e. The van der Waals surface area contributed by atoms with Gasteiger partial charge in [0.1, 0.15) is 11.9 Å². The molecule has 2 atom stereocenters. The fourth-order valence-corrected chi connectivity index (χ4v) is 7.47. The molecule has 2 aromatic heterocycles. The fraction of sp³-hybridized carbons (Fsp3) is 0.606. The van der Waals surface area contributed by atoms with Crippen molar-refractivity contribution in [2.45, 2.75) is 116 Å². The Labute approximate surface area is 248 Å². The minimum Gasteiger partial charge on any atom is -0.373 e. The van der Waals surface area contributed by atoms with Crippen LogP contribution in [-0.2, 0) is 16.0 Å². The first-order valence-electron chi connectivity index (χ1n) is 15.6. The van der Waals surface area contributed by atoms with Gasteiger partial charge in [-0.1, -0.05) is 53.0 Å². The number of fused-ring (bicyclic) bond motifs is 1. The summed E-state index contributed by atoms with van der Waals surface area (Å²) in [5.41, 5.74) is 2.34. The molecule has 41 heavy (non-hydrogen) atoms. The van der Waals surface area contributed by atoms with Gasteiger partial charge in [0.15, 0.2) is 0 Å². The predicted octanol–water partition coefficient (Wildman–Crippen LogP) is 6.80. The monoisotopic (exact) mass is 578 g/mol. The van der Waals surface area contributed by atoms with Gasteiger partial charge in [-0.2, -0.15) is 0 Å². The molecule has 2 fully saturated rings. The number of hydrogen-bond donors (Lipinski definition) is 2. The standard InChI is InChI=1S/C33H46N4O3S/c1-5-25(6-2)37-29-13-12-23(18-27(29)35-30(37)19-26-11-10-16-41-26)31(38)36-28(17-22(3)4)32(39)34-24-20-33(40-21-24)14-8-7-9-15-33/h10-13,16,18,22,24-25,28H,5-9,14-15,17,19-21H2,1-4H3,(H,34,39)(H,36,38)/t24?,28-/m0/s1. The van der Waals surface area contributed by atoms with E-state index in [0.717, 1.165) is 55.4 Å². The molecular formula is C33H46N4O3S. The second-order valence-corrected chi connectivity index (χ2v) is 13.5. The lowest BCUT2D eigenvalue weighted by Gasteiger charge is -2.32. The van der Waals surface area contributed by atoms with E-state index < -0.39 is 6.04 Å². The molecule has 5 rings (SSSR count). The number of hydrogen-bond acceptors (Lipinski definition) is 5. The van der Waals surface area contributed by atoms with E-state index in [4.69, 9.17) is 9.72 Å². The Morgan fingerprint density at radius 1 is 1.15 bits per heavy atom. The van der Waals surface area contributed by atoms with Crippen molar-refractivity contribution >= 4 is 34.2 Å². The highest BCUT2D eigenvalue weighted by molar-refractivity contribution is 7.09. The number of aromatic nitrogens is 2. The van der Waals surface area contributed by atoms with Crippen molar-refractivity contribution in [3.05, 3.63) is 52.0 Å². The highest BCUT2D eigenvalue weighted by Gasteiger charge is 2.42. The van der Waals surface area contributed by atoms with Gasteiger partial charge < -0.3 is 19.9 Å². The molecule has 2 N–H and O–H groups in total. The summed E-state index contributed by atoms with van der Waals surface area (Å²) < 4.78 is 8.57. The maximum absolute atomic E-state index is 13.5. The van der Waals surface area contributed by atoms with Crippen molar-refractivity contribution in [3.8, 4) is 0 Å². The van der Waals surface area contributed by atoms with Crippen LogP contribution in [0.15, 0.2) is 35.7 Å². The SMILES string of the molecule is CCC(CC)n1c(Cc2cccs2)nc2cc(C(=O)N[C@@H](CC(C)C)C(=O)NC3COC4(CCCCC4)C3)ccc21. The van der Waals surface area contributed by atoms with Gasteiger partial charge in [-0.3, -0.25) is 9.59 Å². The van der Waals surface area contributed by atoms with Crippen LogP contribution in [0.3, 0.4) is 0 Å². The summed E-state index contributed by atoms with van der Waals surface area (Å²) >= 11 is 1.74. The number of rotatable bonds is 11. The van der Waals surface area contributed by atoms with E-state index in [1.54, 1.807) is 11.3 Å². The summed E-state index contributed by atoms with van der Waals surface area (Å²) in [7, 11) is 0. The summed E-state index contributed by atoms with van der Waals surface area (Å²) in [6, 6.07) is 9.73. The van der Waals surface area contributed by atoms with Crippen LogP contribution in [0.1, 0.15) is 113 Å². The zero-order chi connectivity index (χ0) is 29.0. The average molecular weight is 579 g/mol. The predicted molar refractivity (Wildman–Crippen MR) is 166 cm³/mol. The third-order valence-electron chi connectivity index (χ3n) is 8.89. The van der Waals surface area contributed by atoms with Crippen molar-refractivity contribution in [2.75, 3.05) is 6.61 Å². The highest BCUT2D eigenvalue weighted by atomic mass is 32.1. The molecule has 7 nitrogen and oxygen atoms in total. The molecule has 0 bridgehead atoms. The molecule has 222 valence electrons. The molecule has 3 heterocycles. The van der Waals surface area contributed by atoms with Gasteiger partial charge in [0, 0.05) is 22.9 Å². The molecule has 1 aliphatic carbocycles. The molecule has 1 saturated heterocycles. The summed E-state index contributed by atoms with van der Waals surface area (Å²) in [5, 5.41) is 8.35. The number of carbonyl (C=O) groups is 2. The molecule has 1 aromatic carbocycles. The van der Waals surface area contributed by atoms with Gasteiger partial charge >= 0.3 is 0 Å². The molecule has 3 aromatic rings. The Balaban J connectivity index is 1.32. The van der Waals surface area contributed by atoms with Gasteiger partial charge in [-0.15, -0.1) is 11.3 Å². The molecular weight excluding hydrogens is 532 g/mol. The molecule has 2 aliphatic rings. The third-order valence-corrected chi connectivity index (χ3v) is 9.77. The van der Waals surface area contributed by atoms with Gasteiger partial charge in [-0.25, -0.2) is 4.98 Å². The number of carbonyl (C=O) groups excluding carboxylic acids is 2. The summed E-state index contributed by atoms with van der Waals surface area (Å²) in [5.74, 6) is 0.927. The Hall–Kier alpha value is -2.71. The molecule has 1 saturated carbocycles. The van der Waals surface area contributed by atoms with Crippen LogP contribution in [0, 0.1) is 5.92 Å². The number of amides is 2. The maximum atomic E-state index is 13.5. The topological polar surface area (TPSA) is 85.2 Å². The van der Waals surface area contributed by atoms with E-state index >= 15 is 0 Å². The van der Waals surface area contributed by atoms with Crippen LogP contribution in [0.5, 0.6) is 0 Å². The van der Waals surface area contributed by atoms with E-state index in [1.165, 1.54) is 24.1 Å². The minimum atomic E-state index is -0.599. The first-order chi connectivity index (χ1) is 19.8. The Morgan fingerprint density at radius 2 is 1.93 bits per heavy atom. The summed E-state index contributed by atoms with van der Waals surface area (Å²) in [4.78, 5) is 33.2. The molecule has 0 radical (unpaired) electrons. The van der Waals surface area contributed by atoms with Crippen LogP contribution >= 0.6 is 11.3 Å². The van der Waals surface area contributed by atoms with E-state index in [-0.39, 0.29) is 29.4 Å². The van der Waals surface area contributed by atoms with E-state index in [9.17, 15) is 9.59 Å². The minimum absolute atomic E-state index is 0.000627. The lowest BCUT2D eigenvalue weighted by atomic mass is 9.82. The molecule has 8 heteroatoms. The fourth-order valence-electron chi connectivity index (χ4n) is 6.77. The lowest BCUT2D eigenvalue weighted by Crippen LogP contribution is -2.50. The third kappa shape index (κ3) is 6.86. The largest absolute Gasteiger partial charge is 0.373 e. The zero-order valence-corrected chi connectivity index (χ0v) is 25.9. The molecule has 2 amide bonds. The number of ether oxygens (including phenoxy) is 1. The van der Waals surface area contributed by atoms with Crippen molar-refractivity contribution in [1.29, 1.82) is 0 Å². The van der Waals surface area contributed by atoms with E-state index in [1.807, 2.05) is 18.2 Å². The van der Waals surface area contributed by atoms with Gasteiger partial charge in [0.05, 0.1) is 29.3 Å². The number of nitrogens with one attached hydrogen (secondary N) is 2. The molecule has 1 spiro atoms. The first-order valence-corrected chi connectivity index (χ1v) is 16.5. The number of imidazole rings is 1. The summed E-state index contributed by atoms with van der Waals surface area (Å²) in [6.07, 6.45) is 10.1. The quantitative estimate of drug-likeness (QED) is 0.262. The number of benzene rings is 1. The molecule has 1 unspecified atom stereocenters. The van der Waals surface area contributed by atoms with Crippen molar-refractivity contribution in [3.63, 3.8) is 0 Å². The molecule has 1 aliphatic heterocycles. The highest BCUT2D eigenvalue weighted by Crippen LogP contribution is 2.39. The zero-order valence-electron chi connectivity index (χ0n) is 25.1.